The van der Waals surface area contributed by atoms with Gasteiger partial charge in [-0.05, 0) is 24.3 Å². The van der Waals surface area contributed by atoms with Gasteiger partial charge < -0.3 is 10.5 Å². The molecule has 0 rings (SSSR count). The number of hydrogen-bond donors (Lipinski definition) is 1. The predicted octanol–water partition coefficient (Wildman–Crippen LogP) is 1.64. The Bertz CT molecular complexity index is 96.2. The molecule has 2 heteroatoms. The molecule has 68 valence electrons. The highest BCUT2D eigenvalue weighted by Gasteiger charge is 2.22. The molecule has 0 spiro atoms. The van der Waals surface area contributed by atoms with Crippen molar-refractivity contribution in [1.29, 1.82) is 0 Å². The third kappa shape index (κ3) is 4.38. The average Bonchev–Trinajstić information content (AvgIpc) is 1.87. The van der Waals surface area contributed by atoms with Crippen molar-refractivity contribution in [3.63, 3.8) is 0 Å². The fourth-order valence-electron chi connectivity index (χ4n) is 1.16. The standard InChI is InChI=1S/C9H21NO/c1-9(2,3)8(7-10)5-6-11-4/h8H,5-7,10H2,1-4H3. The highest BCUT2D eigenvalue weighted by Crippen LogP contribution is 2.27. The second-order valence-corrected chi connectivity index (χ2v) is 4.08. The smallest absolute Gasteiger partial charge is 0.0465 e. The van der Waals surface area contributed by atoms with Crippen LogP contribution in [-0.4, -0.2) is 20.3 Å². The molecule has 0 aromatic carbocycles. The Morgan fingerprint density at radius 1 is 1.36 bits per heavy atom. The average molecular weight is 159 g/mol. The minimum atomic E-state index is 0.313. The molecule has 0 aliphatic heterocycles. The second-order valence-electron chi connectivity index (χ2n) is 4.08. The molecule has 1 unspecified atom stereocenters. The Morgan fingerprint density at radius 2 is 1.91 bits per heavy atom. The summed E-state index contributed by atoms with van der Waals surface area (Å²) < 4.78 is 5.01. The number of nitrogens with two attached hydrogens (primary N) is 1. The van der Waals surface area contributed by atoms with E-state index in [0.717, 1.165) is 19.6 Å². The van der Waals surface area contributed by atoms with Gasteiger partial charge in [0.2, 0.25) is 0 Å². The summed E-state index contributed by atoms with van der Waals surface area (Å²) in [6, 6.07) is 0. The highest BCUT2D eigenvalue weighted by molar-refractivity contribution is 4.74. The number of ether oxygens (including phenoxy) is 1. The van der Waals surface area contributed by atoms with Crippen LogP contribution >= 0.6 is 0 Å². The summed E-state index contributed by atoms with van der Waals surface area (Å²) >= 11 is 0. The lowest BCUT2D eigenvalue weighted by Gasteiger charge is -2.29. The molecule has 2 N–H and O–H groups in total. The molecule has 2 nitrogen and oxygen atoms in total. The van der Waals surface area contributed by atoms with Crippen LogP contribution in [0.4, 0.5) is 0 Å². The summed E-state index contributed by atoms with van der Waals surface area (Å²) in [7, 11) is 1.73. The summed E-state index contributed by atoms with van der Waals surface area (Å²) in [6.45, 7) is 8.24. The van der Waals surface area contributed by atoms with E-state index in [4.69, 9.17) is 10.5 Å². The molecular weight excluding hydrogens is 138 g/mol. The van der Waals surface area contributed by atoms with Crippen molar-refractivity contribution in [2.24, 2.45) is 17.1 Å². The molecule has 0 saturated heterocycles. The van der Waals surface area contributed by atoms with E-state index in [1.54, 1.807) is 7.11 Å². The lowest BCUT2D eigenvalue weighted by molar-refractivity contribution is 0.140. The van der Waals surface area contributed by atoms with Gasteiger partial charge >= 0.3 is 0 Å². The zero-order valence-corrected chi connectivity index (χ0v) is 8.18. The van der Waals surface area contributed by atoms with Gasteiger partial charge in [0.1, 0.15) is 0 Å². The minimum absolute atomic E-state index is 0.313. The zero-order chi connectivity index (χ0) is 8.91. The van der Waals surface area contributed by atoms with Crippen molar-refractivity contribution < 1.29 is 4.74 Å². The topological polar surface area (TPSA) is 35.2 Å². The van der Waals surface area contributed by atoms with Gasteiger partial charge in [-0.1, -0.05) is 20.8 Å². The lowest BCUT2D eigenvalue weighted by atomic mass is 9.79. The molecule has 0 bridgehead atoms. The Hall–Kier alpha value is -0.0800. The largest absolute Gasteiger partial charge is 0.385 e. The van der Waals surface area contributed by atoms with Crippen LogP contribution in [0.25, 0.3) is 0 Å². The molecule has 0 amide bonds. The van der Waals surface area contributed by atoms with E-state index in [-0.39, 0.29) is 0 Å². The monoisotopic (exact) mass is 159 g/mol. The first-order valence-electron chi connectivity index (χ1n) is 4.21. The summed E-state index contributed by atoms with van der Waals surface area (Å²) in [5.74, 6) is 0.572. The summed E-state index contributed by atoms with van der Waals surface area (Å²) in [4.78, 5) is 0. The number of hydrogen-bond acceptors (Lipinski definition) is 2. The van der Waals surface area contributed by atoms with Crippen molar-refractivity contribution in [1.82, 2.24) is 0 Å². The van der Waals surface area contributed by atoms with E-state index in [9.17, 15) is 0 Å². The van der Waals surface area contributed by atoms with Crippen LogP contribution in [0.5, 0.6) is 0 Å². The van der Waals surface area contributed by atoms with Crippen LogP contribution < -0.4 is 5.73 Å². The maximum atomic E-state index is 5.64. The van der Waals surface area contributed by atoms with Crippen LogP contribution in [0.1, 0.15) is 27.2 Å². The first-order valence-corrected chi connectivity index (χ1v) is 4.21. The van der Waals surface area contributed by atoms with Crippen LogP contribution in [0.3, 0.4) is 0 Å². The Labute approximate surface area is 70.1 Å². The van der Waals surface area contributed by atoms with Gasteiger partial charge in [-0.25, -0.2) is 0 Å². The van der Waals surface area contributed by atoms with Crippen LogP contribution in [0, 0.1) is 11.3 Å². The Kier molecular flexibility index (Phi) is 4.69. The maximum Gasteiger partial charge on any atom is 0.0465 e. The summed E-state index contributed by atoms with van der Waals surface area (Å²) in [5.41, 5.74) is 5.96. The number of methoxy groups -OCH3 is 1. The quantitative estimate of drug-likeness (QED) is 0.677. The molecular formula is C9H21NO. The molecule has 0 aliphatic carbocycles. The molecule has 0 fully saturated rings. The van der Waals surface area contributed by atoms with Crippen molar-refractivity contribution in [2.75, 3.05) is 20.3 Å². The minimum Gasteiger partial charge on any atom is -0.385 e. The third-order valence-electron chi connectivity index (χ3n) is 2.18. The molecule has 0 saturated carbocycles. The second kappa shape index (κ2) is 4.73. The van der Waals surface area contributed by atoms with E-state index in [2.05, 4.69) is 20.8 Å². The Balaban J connectivity index is 3.76. The van der Waals surface area contributed by atoms with E-state index in [1.165, 1.54) is 0 Å². The molecule has 0 heterocycles. The predicted molar refractivity (Wildman–Crippen MR) is 48.5 cm³/mol. The Morgan fingerprint density at radius 3 is 2.18 bits per heavy atom. The normalized spacial score (nSPS) is 15.0. The molecule has 0 radical (unpaired) electrons. The van der Waals surface area contributed by atoms with Crippen molar-refractivity contribution in [3.8, 4) is 0 Å². The SMILES string of the molecule is COCCC(CN)C(C)(C)C. The van der Waals surface area contributed by atoms with Crippen LogP contribution in [-0.2, 0) is 4.74 Å². The van der Waals surface area contributed by atoms with Crippen molar-refractivity contribution in [3.05, 3.63) is 0 Å². The molecule has 0 aliphatic rings. The van der Waals surface area contributed by atoms with Crippen molar-refractivity contribution in [2.45, 2.75) is 27.2 Å². The van der Waals surface area contributed by atoms with Gasteiger partial charge in [0.05, 0.1) is 0 Å². The van der Waals surface area contributed by atoms with Gasteiger partial charge in [0, 0.05) is 13.7 Å². The van der Waals surface area contributed by atoms with E-state index < -0.39 is 0 Å². The van der Waals surface area contributed by atoms with E-state index in [0.29, 0.717) is 11.3 Å². The first-order chi connectivity index (χ1) is 5.02. The van der Waals surface area contributed by atoms with Gasteiger partial charge in [0.15, 0.2) is 0 Å². The zero-order valence-electron chi connectivity index (χ0n) is 8.18. The fourth-order valence-corrected chi connectivity index (χ4v) is 1.16. The molecule has 0 aromatic rings. The highest BCUT2D eigenvalue weighted by atomic mass is 16.5. The van der Waals surface area contributed by atoms with Gasteiger partial charge in [-0.3, -0.25) is 0 Å². The van der Waals surface area contributed by atoms with Gasteiger partial charge in [-0.2, -0.15) is 0 Å². The molecule has 1 atom stereocenters. The fraction of sp³-hybridized carbons (Fsp3) is 1.00. The van der Waals surface area contributed by atoms with Crippen LogP contribution in [0.15, 0.2) is 0 Å². The van der Waals surface area contributed by atoms with Gasteiger partial charge in [0.25, 0.3) is 0 Å². The van der Waals surface area contributed by atoms with Gasteiger partial charge in [-0.15, -0.1) is 0 Å². The number of rotatable bonds is 4. The summed E-state index contributed by atoms with van der Waals surface area (Å²) in [6.07, 6.45) is 1.07. The third-order valence-corrected chi connectivity index (χ3v) is 2.18. The lowest BCUT2D eigenvalue weighted by Crippen LogP contribution is -2.29. The molecule has 0 aromatic heterocycles. The summed E-state index contributed by atoms with van der Waals surface area (Å²) in [5, 5.41) is 0. The van der Waals surface area contributed by atoms with Crippen LogP contribution in [0.2, 0.25) is 0 Å². The first kappa shape index (κ1) is 10.9. The van der Waals surface area contributed by atoms with E-state index >= 15 is 0 Å². The maximum absolute atomic E-state index is 5.64. The van der Waals surface area contributed by atoms with Crippen molar-refractivity contribution >= 4 is 0 Å². The molecule has 11 heavy (non-hydrogen) atoms. The van der Waals surface area contributed by atoms with E-state index in [1.807, 2.05) is 0 Å².